The first-order valence-corrected chi connectivity index (χ1v) is 5.25. The van der Waals surface area contributed by atoms with Crippen molar-refractivity contribution in [1.29, 1.82) is 0 Å². The molecular weight excluding hydrogens is 224 g/mol. The van der Waals surface area contributed by atoms with Gasteiger partial charge in [-0.1, -0.05) is 0 Å². The minimum Gasteiger partial charge on any atom is -0.480 e. The minimum absolute atomic E-state index is 0.342. The number of carbonyl (C=O) groups is 2. The van der Waals surface area contributed by atoms with Crippen LogP contribution < -0.4 is 4.90 Å². The molecule has 6 heteroatoms. The van der Waals surface area contributed by atoms with Crippen LogP contribution in [0.1, 0.15) is 12.8 Å². The van der Waals surface area contributed by atoms with Crippen molar-refractivity contribution in [1.82, 2.24) is 4.98 Å². The molecule has 2 atom stereocenters. The zero-order chi connectivity index (χ0) is 12.4. The number of aliphatic carboxylic acids is 2. The Morgan fingerprint density at radius 3 is 2.00 bits per heavy atom. The van der Waals surface area contributed by atoms with E-state index < -0.39 is 24.0 Å². The third-order valence-electron chi connectivity index (χ3n) is 2.92. The average molecular weight is 236 g/mol. The van der Waals surface area contributed by atoms with Crippen molar-refractivity contribution >= 4 is 17.6 Å². The van der Waals surface area contributed by atoms with E-state index >= 15 is 0 Å². The van der Waals surface area contributed by atoms with Crippen LogP contribution in [0.5, 0.6) is 0 Å². The van der Waals surface area contributed by atoms with Gasteiger partial charge in [0.05, 0.1) is 0 Å². The largest absolute Gasteiger partial charge is 0.480 e. The number of pyridine rings is 1. The lowest BCUT2D eigenvalue weighted by atomic mass is 10.2. The summed E-state index contributed by atoms with van der Waals surface area (Å²) in [6, 6.07) is 1.69. The van der Waals surface area contributed by atoms with Crippen molar-refractivity contribution in [3.63, 3.8) is 0 Å². The summed E-state index contributed by atoms with van der Waals surface area (Å²) in [7, 11) is 0. The summed E-state index contributed by atoms with van der Waals surface area (Å²) in [6.07, 6.45) is 3.72. The first-order valence-electron chi connectivity index (χ1n) is 5.25. The maximum atomic E-state index is 11.1. The molecule has 0 bridgehead atoms. The van der Waals surface area contributed by atoms with Crippen LogP contribution in [0.15, 0.2) is 24.5 Å². The van der Waals surface area contributed by atoms with Gasteiger partial charge >= 0.3 is 11.9 Å². The number of rotatable bonds is 3. The molecule has 0 spiro atoms. The molecule has 1 fully saturated rings. The molecule has 0 aromatic carbocycles. The van der Waals surface area contributed by atoms with Gasteiger partial charge < -0.3 is 15.1 Å². The number of aromatic nitrogens is 1. The molecule has 6 nitrogen and oxygen atoms in total. The lowest BCUT2D eigenvalue weighted by molar-refractivity contribution is -0.139. The maximum absolute atomic E-state index is 11.1. The van der Waals surface area contributed by atoms with Crippen molar-refractivity contribution < 1.29 is 19.8 Å². The van der Waals surface area contributed by atoms with Crippen molar-refractivity contribution in [3.8, 4) is 0 Å². The fraction of sp³-hybridized carbons (Fsp3) is 0.364. The SMILES string of the molecule is O=C(O)C1CCC(C(=O)O)N1c1ccncc1. The highest BCUT2D eigenvalue weighted by Gasteiger charge is 2.41. The Morgan fingerprint density at radius 2 is 1.59 bits per heavy atom. The molecule has 2 heterocycles. The maximum Gasteiger partial charge on any atom is 0.326 e. The third-order valence-corrected chi connectivity index (χ3v) is 2.92. The Hall–Kier alpha value is -2.11. The Bertz CT molecular complexity index is 412. The van der Waals surface area contributed by atoms with E-state index in [0.29, 0.717) is 18.5 Å². The number of nitrogens with zero attached hydrogens (tertiary/aromatic N) is 2. The first-order chi connectivity index (χ1) is 8.11. The molecule has 1 aromatic rings. The van der Waals surface area contributed by atoms with E-state index in [9.17, 15) is 9.59 Å². The van der Waals surface area contributed by atoms with Crippen molar-refractivity contribution in [2.24, 2.45) is 0 Å². The molecule has 1 aliphatic heterocycles. The number of carboxylic acids is 2. The van der Waals surface area contributed by atoms with Crippen LogP contribution >= 0.6 is 0 Å². The van der Waals surface area contributed by atoms with Crippen LogP contribution in [-0.4, -0.2) is 39.2 Å². The summed E-state index contributed by atoms with van der Waals surface area (Å²) in [6.45, 7) is 0. The molecular formula is C11H12N2O4. The van der Waals surface area contributed by atoms with Gasteiger partial charge in [-0.25, -0.2) is 9.59 Å². The molecule has 0 saturated carbocycles. The molecule has 1 saturated heterocycles. The average Bonchev–Trinajstić information content (AvgIpc) is 2.74. The minimum atomic E-state index is -0.995. The Morgan fingerprint density at radius 1 is 1.12 bits per heavy atom. The zero-order valence-electron chi connectivity index (χ0n) is 8.98. The van der Waals surface area contributed by atoms with E-state index in [4.69, 9.17) is 10.2 Å². The van der Waals surface area contributed by atoms with Crippen molar-refractivity contribution in [2.75, 3.05) is 4.90 Å². The lowest BCUT2D eigenvalue weighted by Gasteiger charge is -2.27. The highest BCUT2D eigenvalue weighted by molar-refractivity contribution is 5.86. The van der Waals surface area contributed by atoms with E-state index in [1.54, 1.807) is 12.1 Å². The van der Waals surface area contributed by atoms with Crippen LogP contribution in [0.25, 0.3) is 0 Å². The predicted octanol–water partition coefficient (Wildman–Crippen LogP) is 0.588. The predicted molar refractivity (Wildman–Crippen MR) is 58.8 cm³/mol. The summed E-state index contributed by atoms with van der Waals surface area (Å²) in [5, 5.41) is 18.2. The quantitative estimate of drug-likeness (QED) is 0.798. The van der Waals surface area contributed by atoms with E-state index in [-0.39, 0.29) is 0 Å². The monoisotopic (exact) mass is 236 g/mol. The van der Waals surface area contributed by atoms with Gasteiger partial charge in [-0.2, -0.15) is 0 Å². The summed E-state index contributed by atoms with van der Waals surface area (Å²) in [4.78, 5) is 27.5. The molecule has 17 heavy (non-hydrogen) atoms. The Balaban J connectivity index is 2.36. The Kier molecular flexibility index (Phi) is 2.95. The van der Waals surface area contributed by atoms with Gasteiger partial charge in [-0.15, -0.1) is 0 Å². The number of carboxylic acid groups (broad SMARTS) is 2. The van der Waals surface area contributed by atoms with Gasteiger partial charge in [0.25, 0.3) is 0 Å². The fourth-order valence-corrected chi connectivity index (χ4v) is 2.17. The topological polar surface area (TPSA) is 90.7 Å². The van der Waals surface area contributed by atoms with Gasteiger partial charge in [-0.3, -0.25) is 4.98 Å². The van der Waals surface area contributed by atoms with E-state index in [2.05, 4.69) is 4.98 Å². The number of anilines is 1. The van der Waals surface area contributed by atoms with E-state index in [0.717, 1.165) is 0 Å². The normalized spacial score (nSPS) is 23.6. The second-order valence-electron chi connectivity index (χ2n) is 3.90. The van der Waals surface area contributed by atoms with Crippen LogP contribution in [0.3, 0.4) is 0 Å². The summed E-state index contributed by atoms with van der Waals surface area (Å²) < 4.78 is 0. The number of hydrogen-bond acceptors (Lipinski definition) is 4. The summed E-state index contributed by atoms with van der Waals surface area (Å²) >= 11 is 0. The molecule has 2 N–H and O–H groups in total. The standard InChI is InChI=1S/C11H12N2O4/c14-10(15)8-1-2-9(11(16)17)13(8)7-3-5-12-6-4-7/h3-6,8-9H,1-2H2,(H,14,15)(H,16,17). The third kappa shape index (κ3) is 2.06. The van der Waals surface area contributed by atoms with Crippen LogP contribution in [0.4, 0.5) is 5.69 Å². The molecule has 0 aliphatic carbocycles. The number of hydrogen-bond donors (Lipinski definition) is 2. The molecule has 0 amide bonds. The highest BCUT2D eigenvalue weighted by atomic mass is 16.4. The fourth-order valence-electron chi connectivity index (χ4n) is 2.17. The van der Waals surface area contributed by atoms with Crippen LogP contribution in [-0.2, 0) is 9.59 Å². The molecule has 90 valence electrons. The van der Waals surface area contributed by atoms with Gasteiger partial charge in [0, 0.05) is 18.1 Å². The first kappa shape index (κ1) is 11.4. The second kappa shape index (κ2) is 4.40. The summed E-state index contributed by atoms with van der Waals surface area (Å²) in [5.74, 6) is -1.99. The summed E-state index contributed by atoms with van der Waals surface area (Å²) in [5.41, 5.74) is 0.581. The second-order valence-corrected chi connectivity index (χ2v) is 3.90. The zero-order valence-corrected chi connectivity index (χ0v) is 8.98. The Labute approximate surface area is 97.5 Å². The van der Waals surface area contributed by atoms with E-state index in [1.165, 1.54) is 17.3 Å². The van der Waals surface area contributed by atoms with Gasteiger partial charge in [0.15, 0.2) is 0 Å². The van der Waals surface area contributed by atoms with Gasteiger partial charge in [-0.05, 0) is 25.0 Å². The molecule has 2 unspecified atom stereocenters. The molecule has 1 aliphatic rings. The molecule has 1 aromatic heterocycles. The van der Waals surface area contributed by atoms with Gasteiger partial charge in [0.2, 0.25) is 0 Å². The van der Waals surface area contributed by atoms with E-state index in [1.807, 2.05) is 0 Å². The van der Waals surface area contributed by atoms with Crippen molar-refractivity contribution in [2.45, 2.75) is 24.9 Å². The molecule has 0 radical (unpaired) electrons. The van der Waals surface area contributed by atoms with Crippen molar-refractivity contribution in [3.05, 3.63) is 24.5 Å². The van der Waals surface area contributed by atoms with Crippen LogP contribution in [0, 0.1) is 0 Å². The smallest absolute Gasteiger partial charge is 0.326 e. The van der Waals surface area contributed by atoms with Crippen LogP contribution in [0.2, 0.25) is 0 Å². The van der Waals surface area contributed by atoms with Gasteiger partial charge in [0.1, 0.15) is 12.1 Å². The lowest BCUT2D eigenvalue weighted by Crippen LogP contribution is -2.44. The highest BCUT2D eigenvalue weighted by Crippen LogP contribution is 2.30. The molecule has 2 rings (SSSR count).